The lowest BCUT2D eigenvalue weighted by molar-refractivity contribution is 0.580. The normalized spacial score (nSPS) is 12.0. The molecular weight excluding hydrogens is 417 g/mol. The van der Waals surface area contributed by atoms with Gasteiger partial charge in [0.1, 0.15) is 5.82 Å². The Morgan fingerprint density at radius 2 is 1.68 bits per heavy atom. The highest BCUT2D eigenvalue weighted by Crippen LogP contribution is 2.13. The molecule has 9 heteroatoms. The second-order valence-electron chi connectivity index (χ2n) is 6.88. The summed E-state index contributed by atoms with van der Waals surface area (Å²) < 4.78 is 43.1. The Bertz CT molecular complexity index is 1110. The molecule has 3 N–H and O–H groups in total. The van der Waals surface area contributed by atoms with E-state index in [1.807, 2.05) is 30.6 Å². The molecule has 0 saturated carbocycles. The molecule has 164 valence electrons. The maximum atomic E-state index is 13.3. The highest BCUT2D eigenvalue weighted by molar-refractivity contribution is 7.89. The average Bonchev–Trinajstić information content (AvgIpc) is 3.28. The van der Waals surface area contributed by atoms with Crippen LogP contribution < -0.4 is 15.4 Å². The van der Waals surface area contributed by atoms with Crippen molar-refractivity contribution in [2.75, 3.05) is 13.6 Å². The van der Waals surface area contributed by atoms with Crippen molar-refractivity contribution in [2.45, 2.75) is 24.5 Å². The van der Waals surface area contributed by atoms with Crippen LogP contribution in [-0.4, -0.2) is 32.5 Å². The largest absolute Gasteiger partial charge is 0.355 e. The molecule has 0 radical (unpaired) electrons. The molecule has 0 saturated heterocycles. The molecule has 0 aliphatic heterocycles. The van der Waals surface area contributed by atoms with Crippen molar-refractivity contribution in [1.82, 2.24) is 19.9 Å². The Kier molecular flexibility index (Phi) is 7.80. The molecule has 0 aliphatic rings. The number of sulfonamides is 1. The van der Waals surface area contributed by atoms with Crippen LogP contribution in [0.5, 0.6) is 0 Å². The van der Waals surface area contributed by atoms with Crippen LogP contribution in [0, 0.1) is 5.82 Å². The summed E-state index contributed by atoms with van der Waals surface area (Å²) >= 11 is 0. The Morgan fingerprint density at radius 3 is 2.39 bits per heavy atom. The highest BCUT2D eigenvalue weighted by Gasteiger charge is 2.14. The zero-order valence-electron chi connectivity index (χ0n) is 17.3. The molecule has 0 fully saturated rings. The third kappa shape index (κ3) is 6.94. The van der Waals surface area contributed by atoms with Crippen molar-refractivity contribution in [2.24, 2.45) is 4.99 Å². The van der Waals surface area contributed by atoms with Crippen LogP contribution in [0.15, 0.2) is 82.9 Å². The monoisotopic (exact) mass is 443 g/mol. The first-order valence-electron chi connectivity index (χ1n) is 9.84. The van der Waals surface area contributed by atoms with E-state index >= 15 is 0 Å². The molecule has 0 spiro atoms. The molecule has 1 heterocycles. The van der Waals surface area contributed by atoms with Crippen LogP contribution in [0.25, 0.3) is 0 Å². The quantitative estimate of drug-likeness (QED) is 0.350. The van der Waals surface area contributed by atoms with Crippen molar-refractivity contribution >= 4 is 16.0 Å². The molecule has 31 heavy (non-hydrogen) atoms. The summed E-state index contributed by atoms with van der Waals surface area (Å²) in [5.74, 6) is 0.227. The highest BCUT2D eigenvalue weighted by atomic mass is 32.2. The second kappa shape index (κ2) is 10.7. The van der Waals surface area contributed by atoms with E-state index in [4.69, 9.17) is 0 Å². The van der Waals surface area contributed by atoms with Gasteiger partial charge in [-0.3, -0.25) is 4.99 Å². The number of hydrogen-bond acceptors (Lipinski definition) is 3. The molecule has 0 unspecified atom stereocenters. The summed E-state index contributed by atoms with van der Waals surface area (Å²) in [4.78, 5) is 4.34. The fraction of sp³-hybridized carbons (Fsp3) is 0.227. The van der Waals surface area contributed by atoms with Gasteiger partial charge in [0.15, 0.2) is 5.96 Å². The standard InChI is InChI=1S/C22H26FN5O2S/c1-24-22(25-10-13-28-11-2-3-12-28)26-16-19-7-5-9-21(15-19)31(29,30)27-17-18-6-4-8-20(23)14-18/h2-9,11-12,14-15,27H,10,13,16-17H2,1H3,(H2,24,25,26). The molecular formula is C22H26FN5O2S. The SMILES string of the molecule is CN=C(NCCn1cccc1)NCc1cccc(S(=O)(=O)NCc2cccc(F)c2)c1. The number of aromatic nitrogens is 1. The summed E-state index contributed by atoms with van der Waals surface area (Å²) in [5, 5.41) is 6.40. The number of aliphatic imine (C=N–C) groups is 1. The molecule has 7 nitrogen and oxygen atoms in total. The fourth-order valence-electron chi connectivity index (χ4n) is 2.96. The first-order valence-corrected chi connectivity index (χ1v) is 11.3. The van der Waals surface area contributed by atoms with Crippen LogP contribution in [0.2, 0.25) is 0 Å². The number of hydrogen-bond donors (Lipinski definition) is 3. The van der Waals surface area contributed by atoms with Gasteiger partial charge in [-0.1, -0.05) is 24.3 Å². The molecule has 1 aromatic heterocycles. The lowest BCUT2D eigenvalue weighted by Gasteiger charge is -2.13. The predicted octanol–water partition coefficient (Wildman–Crippen LogP) is 2.47. The first kappa shape index (κ1) is 22.5. The van der Waals surface area contributed by atoms with E-state index in [9.17, 15) is 12.8 Å². The fourth-order valence-corrected chi connectivity index (χ4v) is 4.05. The van der Waals surface area contributed by atoms with Crippen LogP contribution in [0.1, 0.15) is 11.1 Å². The van der Waals surface area contributed by atoms with Crippen LogP contribution in [0.4, 0.5) is 4.39 Å². The Hall–Kier alpha value is -3.17. The summed E-state index contributed by atoms with van der Waals surface area (Å²) in [6, 6.07) is 16.4. The molecule has 2 aromatic carbocycles. The third-order valence-electron chi connectivity index (χ3n) is 4.58. The molecule has 0 aliphatic carbocycles. The average molecular weight is 444 g/mol. The summed E-state index contributed by atoms with van der Waals surface area (Å²) in [6.45, 7) is 1.93. The van der Waals surface area contributed by atoms with E-state index in [0.29, 0.717) is 24.6 Å². The zero-order valence-corrected chi connectivity index (χ0v) is 18.1. The topological polar surface area (TPSA) is 87.5 Å². The predicted molar refractivity (Wildman–Crippen MR) is 120 cm³/mol. The summed E-state index contributed by atoms with van der Waals surface area (Å²) in [7, 11) is -2.04. The second-order valence-corrected chi connectivity index (χ2v) is 8.64. The lowest BCUT2D eigenvalue weighted by atomic mass is 10.2. The smallest absolute Gasteiger partial charge is 0.240 e. The van der Waals surface area contributed by atoms with Gasteiger partial charge in [-0.15, -0.1) is 0 Å². The minimum atomic E-state index is -3.73. The van der Waals surface area contributed by atoms with E-state index < -0.39 is 15.8 Å². The lowest BCUT2D eigenvalue weighted by Crippen LogP contribution is -2.38. The Morgan fingerprint density at radius 1 is 0.968 bits per heavy atom. The maximum Gasteiger partial charge on any atom is 0.240 e. The molecule has 3 rings (SSSR count). The molecule has 0 bridgehead atoms. The third-order valence-corrected chi connectivity index (χ3v) is 5.98. The maximum absolute atomic E-state index is 13.3. The van der Waals surface area contributed by atoms with Gasteiger partial charge in [-0.25, -0.2) is 17.5 Å². The van der Waals surface area contributed by atoms with Gasteiger partial charge in [0.05, 0.1) is 4.90 Å². The van der Waals surface area contributed by atoms with Crippen molar-refractivity contribution in [3.05, 3.63) is 90.0 Å². The van der Waals surface area contributed by atoms with Crippen LogP contribution >= 0.6 is 0 Å². The first-order chi connectivity index (χ1) is 15.0. The number of nitrogens with one attached hydrogen (secondary N) is 3. The minimum absolute atomic E-state index is 0.0144. The number of nitrogens with zero attached hydrogens (tertiary/aromatic N) is 2. The van der Waals surface area contributed by atoms with E-state index in [1.165, 1.54) is 18.2 Å². The van der Waals surface area contributed by atoms with Gasteiger partial charge in [0.25, 0.3) is 0 Å². The molecule has 0 amide bonds. The van der Waals surface area contributed by atoms with Crippen molar-refractivity contribution in [3.63, 3.8) is 0 Å². The Balaban J connectivity index is 1.54. The van der Waals surface area contributed by atoms with Crippen molar-refractivity contribution in [3.8, 4) is 0 Å². The van der Waals surface area contributed by atoms with Gasteiger partial charge < -0.3 is 15.2 Å². The van der Waals surface area contributed by atoms with Crippen LogP contribution in [-0.2, 0) is 29.7 Å². The number of guanidine groups is 1. The number of benzene rings is 2. The van der Waals surface area contributed by atoms with Gasteiger partial charge in [0.2, 0.25) is 10.0 Å². The van der Waals surface area contributed by atoms with E-state index in [0.717, 1.165) is 12.1 Å². The van der Waals surface area contributed by atoms with Crippen molar-refractivity contribution < 1.29 is 12.8 Å². The zero-order chi connectivity index (χ0) is 22.1. The van der Waals surface area contributed by atoms with Gasteiger partial charge >= 0.3 is 0 Å². The van der Waals surface area contributed by atoms with E-state index in [-0.39, 0.29) is 11.4 Å². The van der Waals surface area contributed by atoms with Crippen LogP contribution in [0.3, 0.4) is 0 Å². The molecule has 0 atom stereocenters. The number of halogens is 1. The minimum Gasteiger partial charge on any atom is -0.355 e. The van der Waals surface area contributed by atoms with Gasteiger partial charge in [-0.05, 0) is 47.5 Å². The Labute approximate surface area is 182 Å². The van der Waals surface area contributed by atoms with Crippen molar-refractivity contribution in [1.29, 1.82) is 0 Å². The van der Waals surface area contributed by atoms with Gasteiger partial charge in [0, 0.05) is 45.6 Å². The number of rotatable bonds is 9. The molecule has 3 aromatic rings. The van der Waals surface area contributed by atoms with Gasteiger partial charge in [-0.2, -0.15) is 0 Å². The van der Waals surface area contributed by atoms with E-state index in [1.54, 1.807) is 31.3 Å². The summed E-state index contributed by atoms with van der Waals surface area (Å²) in [5.41, 5.74) is 1.35. The summed E-state index contributed by atoms with van der Waals surface area (Å²) in [6.07, 6.45) is 3.98. The van der Waals surface area contributed by atoms with E-state index in [2.05, 4.69) is 24.9 Å².